The first kappa shape index (κ1) is 15.9. The molecule has 1 aromatic heterocycles. The zero-order valence-electron chi connectivity index (χ0n) is 13.5. The molecule has 124 valence electrons. The number of rotatable bonds is 3. The van der Waals surface area contributed by atoms with Gasteiger partial charge in [0.05, 0.1) is 11.7 Å². The van der Waals surface area contributed by atoms with E-state index in [0.717, 1.165) is 45.4 Å². The molecule has 0 saturated carbocycles. The fraction of sp³-hybridized carbons (Fsp3) is 0.588. The van der Waals surface area contributed by atoms with E-state index >= 15 is 0 Å². The van der Waals surface area contributed by atoms with E-state index in [2.05, 4.69) is 10.3 Å². The second-order valence-electron chi connectivity index (χ2n) is 6.19. The zero-order valence-corrected chi connectivity index (χ0v) is 13.5. The lowest BCUT2D eigenvalue weighted by molar-refractivity contribution is 0.0291. The van der Waals surface area contributed by atoms with E-state index in [9.17, 15) is 9.59 Å². The molecule has 6 heteroatoms. The Morgan fingerprint density at radius 2 is 2.04 bits per heavy atom. The molecule has 1 atom stereocenters. The molecule has 1 N–H and O–H groups in total. The predicted molar refractivity (Wildman–Crippen MR) is 85.2 cm³/mol. The highest BCUT2D eigenvalue weighted by Gasteiger charge is 2.31. The summed E-state index contributed by atoms with van der Waals surface area (Å²) in [5.74, 6) is 0.323. The number of piperidine rings is 1. The Labute approximate surface area is 136 Å². The van der Waals surface area contributed by atoms with Crippen molar-refractivity contribution in [1.82, 2.24) is 15.2 Å². The number of nitrogens with zero attached hydrogens (tertiary/aromatic N) is 2. The Morgan fingerprint density at radius 1 is 1.26 bits per heavy atom. The van der Waals surface area contributed by atoms with Crippen LogP contribution < -0.4 is 5.32 Å². The van der Waals surface area contributed by atoms with E-state index in [-0.39, 0.29) is 11.8 Å². The van der Waals surface area contributed by atoms with Crippen LogP contribution in [0.5, 0.6) is 0 Å². The first-order valence-corrected chi connectivity index (χ1v) is 8.28. The average molecular weight is 317 g/mol. The molecule has 0 spiro atoms. The zero-order chi connectivity index (χ0) is 16.2. The van der Waals surface area contributed by atoms with Gasteiger partial charge in [0, 0.05) is 32.9 Å². The molecular weight excluding hydrogens is 294 g/mol. The molecular formula is C17H23N3O3. The van der Waals surface area contributed by atoms with Gasteiger partial charge in [-0.05, 0) is 43.7 Å². The van der Waals surface area contributed by atoms with Crippen molar-refractivity contribution in [2.75, 3.05) is 26.7 Å². The number of aromatic nitrogens is 1. The maximum atomic E-state index is 12.5. The second kappa shape index (κ2) is 7.08. The van der Waals surface area contributed by atoms with Crippen LogP contribution in [0.1, 0.15) is 46.5 Å². The third-order valence-corrected chi connectivity index (χ3v) is 4.79. The van der Waals surface area contributed by atoms with Gasteiger partial charge in [0.15, 0.2) is 0 Å². The van der Waals surface area contributed by atoms with Gasteiger partial charge < -0.3 is 15.0 Å². The van der Waals surface area contributed by atoms with Crippen LogP contribution >= 0.6 is 0 Å². The lowest BCUT2D eigenvalue weighted by Gasteiger charge is -2.34. The van der Waals surface area contributed by atoms with E-state index in [1.54, 1.807) is 19.2 Å². The molecule has 3 heterocycles. The third-order valence-electron chi connectivity index (χ3n) is 4.79. The molecule has 0 aromatic carbocycles. The molecule has 3 rings (SSSR count). The van der Waals surface area contributed by atoms with Gasteiger partial charge >= 0.3 is 0 Å². The molecule has 2 aliphatic heterocycles. The third kappa shape index (κ3) is 3.52. The van der Waals surface area contributed by atoms with Crippen molar-refractivity contribution in [3.05, 3.63) is 29.6 Å². The fourth-order valence-corrected chi connectivity index (χ4v) is 3.41. The normalized spacial score (nSPS) is 22.1. The highest BCUT2D eigenvalue weighted by Crippen LogP contribution is 2.29. The van der Waals surface area contributed by atoms with Gasteiger partial charge in [-0.15, -0.1) is 0 Å². The van der Waals surface area contributed by atoms with E-state index in [1.165, 1.54) is 6.20 Å². The molecule has 0 radical (unpaired) electrons. The van der Waals surface area contributed by atoms with Crippen molar-refractivity contribution < 1.29 is 14.3 Å². The van der Waals surface area contributed by atoms with Gasteiger partial charge in [-0.25, -0.2) is 0 Å². The Morgan fingerprint density at radius 3 is 2.61 bits per heavy atom. The van der Waals surface area contributed by atoms with Crippen LogP contribution in [0.25, 0.3) is 0 Å². The number of carbonyl (C=O) groups excluding carboxylic acids is 2. The summed E-state index contributed by atoms with van der Waals surface area (Å²) in [5.41, 5.74) is 0.856. The molecule has 6 nitrogen and oxygen atoms in total. The maximum Gasteiger partial charge on any atom is 0.269 e. The summed E-state index contributed by atoms with van der Waals surface area (Å²) in [6.07, 6.45) is 6.19. The molecule has 2 aliphatic rings. The molecule has 0 bridgehead atoms. The summed E-state index contributed by atoms with van der Waals surface area (Å²) in [5, 5.41) is 2.52. The molecule has 2 saturated heterocycles. The highest BCUT2D eigenvalue weighted by molar-refractivity contribution is 5.96. The average Bonchev–Trinajstić information content (AvgIpc) is 3.15. The first-order chi connectivity index (χ1) is 11.2. The smallest absolute Gasteiger partial charge is 0.269 e. The van der Waals surface area contributed by atoms with Crippen molar-refractivity contribution in [3.63, 3.8) is 0 Å². The van der Waals surface area contributed by atoms with E-state index in [0.29, 0.717) is 23.3 Å². The number of carbonyl (C=O) groups is 2. The molecule has 0 unspecified atom stereocenters. The standard InChI is InChI=1S/C17H23N3O3/c1-18-16(21)14-5-4-13(11-19-14)17(22)20-8-6-12(7-9-20)15-3-2-10-23-15/h4-5,11-12,15H,2-3,6-10H2,1H3,(H,18,21)/t15-/m0/s1. The van der Waals surface area contributed by atoms with Crippen molar-refractivity contribution in [2.24, 2.45) is 5.92 Å². The molecule has 23 heavy (non-hydrogen) atoms. The van der Waals surface area contributed by atoms with Crippen LogP contribution in [-0.2, 0) is 4.74 Å². The van der Waals surface area contributed by atoms with Gasteiger partial charge in [-0.1, -0.05) is 0 Å². The Bertz CT molecular complexity index is 559. The number of hydrogen-bond acceptors (Lipinski definition) is 4. The number of likely N-dealkylation sites (tertiary alicyclic amines) is 1. The topological polar surface area (TPSA) is 71.5 Å². The van der Waals surface area contributed by atoms with Crippen LogP contribution in [0.3, 0.4) is 0 Å². The van der Waals surface area contributed by atoms with E-state index in [1.807, 2.05) is 4.90 Å². The van der Waals surface area contributed by atoms with Crippen molar-refractivity contribution in [3.8, 4) is 0 Å². The number of nitrogens with one attached hydrogen (secondary N) is 1. The Hall–Kier alpha value is -1.95. The number of amides is 2. The summed E-state index contributed by atoms with van der Waals surface area (Å²) in [7, 11) is 1.56. The van der Waals surface area contributed by atoms with E-state index in [4.69, 9.17) is 4.74 Å². The maximum absolute atomic E-state index is 12.5. The Kier molecular flexibility index (Phi) is 4.91. The Balaban J connectivity index is 1.57. The van der Waals surface area contributed by atoms with Crippen LogP contribution in [0.15, 0.2) is 18.3 Å². The summed E-state index contributed by atoms with van der Waals surface area (Å²) in [6.45, 7) is 2.41. The summed E-state index contributed by atoms with van der Waals surface area (Å²) < 4.78 is 5.77. The lowest BCUT2D eigenvalue weighted by Crippen LogP contribution is -2.41. The fourth-order valence-electron chi connectivity index (χ4n) is 3.41. The monoisotopic (exact) mass is 317 g/mol. The minimum atomic E-state index is -0.249. The van der Waals surface area contributed by atoms with Crippen LogP contribution in [0, 0.1) is 5.92 Å². The molecule has 0 aliphatic carbocycles. The van der Waals surface area contributed by atoms with Crippen molar-refractivity contribution in [2.45, 2.75) is 31.8 Å². The first-order valence-electron chi connectivity index (χ1n) is 8.28. The minimum Gasteiger partial charge on any atom is -0.378 e. The molecule has 1 aromatic rings. The van der Waals surface area contributed by atoms with Crippen molar-refractivity contribution >= 4 is 11.8 Å². The summed E-state index contributed by atoms with van der Waals surface area (Å²) in [6, 6.07) is 3.26. The number of pyridine rings is 1. The number of ether oxygens (including phenoxy) is 1. The quantitative estimate of drug-likeness (QED) is 0.916. The van der Waals surface area contributed by atoms with Gasteiger partial charge in [0.25, 0.3) is 11.8 Å². The van der Waals surface area contributed by atoms with Gasteiger partial charge in [-0.3, -0.25) is 14.6 Å². The van der Waals surface area contributed by atoms with Gasteiger partial charge in [-0.2, -0.15) is 0 Å². The summed E-state index contributed by atoms with van der Waals surface area (Å²) >= 11 is 0. The van der Waals surface area contributed by atoms with Gasteiger partial charge in [0.2, 0.25) is 0 Å². The van der Waals surface area contributed by atoms with E-state index < -0.39 is 0 Å². The highest BCUT2D eigenvalue weighted by atomic mass is 16.5. The van der Waals surface area contributed by atoms with Crippen LogP contribution in [0.2, 0.25) is 0 Å². The van der Waals surface area contributed by atoms with Crippen LogP contribution in [0.4, 0.5) is 0 Å². The summed E-state index contributed by atoms with van der Waals surface area (Å²) in [4.78, 5) is 30.0. The largest absolute Gasteiger partial charge is 0.378 e. The predicted octanol–water partition coefficient (Wildman–Crippen LogP) is 1.47. The van der Waals surface area contributed by atoms with Crippen molar-refractivity contribution in [1.29, 1.82) is 0 Å². The lowest BCUT2D eigenvalue weighted by atomic mass is 9.89. The second-order valence-corrected chi connectivity index (χ2v) is 6.19. The van der Waals surface area contributed by atoms with Crippen LogP contribution in [-0.4, -0.2) is 54.5 Å². The molecule has 2 fully saturated rings. The SMILES string of the molecule is CNC(=O)c1ccc(C(=O)N2CCC([C@@H]3CCCO3)CC2)cn1. The number of hydrogen-bond donors (Lipinski definition) is 1. The van der Waals surface area contributed by atoms with Gasteiger partial charge in [0.1, 0.15) is 5.69 Å². The minimum absolute atomic E-state index is 0.00764. The molecule has 2 amide bonds.